The summed E-state index contributed by atoms with van der Waals surface area (Å²) in [7, 11) is 1.53. The second-order valence-electron chi connectivity index (χ2n) is 4.45. The molecule has 2 fully saturated rings. The molecule has 1 N–H and O–H groups in total. The molecule has 1 aliphatic heterocycles. The molecule has 2 atom stereocenters. The molecule has 2 unspecified atom stereocenters. The number of thioether (sulfide) groups is 1. The minimum atomic E-state index is -0.367. The molecule has 111 valence electrons. The molecule has 0 aromatic heterocycles. The number of carbonyl (C=O) groups excluding carboxylic acids is 2. The quantitative estimate of drug-likeness (QED) is 0.332. The van der Waals surface area contributed by atoms with E-state index >= 15 is 0 Å². The van der Waals surface area contributed by atoms with Crippen molar-refractivity contribution in [1.82, 2.24) is 5.32 Å². The molecular formula is C14H14NO3SWY-3. The first kappa shape index (κ1) is 19.5. The van der Waals surface area contributed by atoms with Crippen LogP contribution in [0.4, 0.5) is 4.79 Å². The van der Waals surface area contributed by atoms with Gasteiger partial charge in [0.15, 0.2) is 0 Å². The Labute approximate surface area is 165 Å². The average Bonchev–Trinajstić information content (AvgIpc) is 2.64. The van der Waals surface area contributed by atoms with Crippen LogP contribution in [0.15, 0.2) is 17.4 Å². The maximum atomic E-state index is 11.9. The van der Waals surface area contributed by atoms with Crippen LogP contribution in [0, 0.1) is 25.3 Å². The van der Waals surface area contributed by atoms with Gasteiger partial charge >= 0.3 is 134 Å². The van der Waals surface area contributed by atoms with Crippen LogP contribution in [0.25, 0.3) is 0 Å². The zero-order valence-corrected chi connectivity index (χ0v) is 18.1. The van der Waals surface area contributed by atoms with Crippen molar-refractivity contribution < 1.29 is 66.4 Å². The van der Waals surface area contributed by atoms with E-state index in [1.807, 2.05) is 6.08 Å². The smallest absolute Gasteiger partial charge is 0 e. The molecule has 21 heavy (non-hydrogen) atoms. The van der Waals surface area contributed by atoms with Gasteiger partial charge in [-0.05, 0) is 0 Å². The number of imide groups is 1. The first-order chi connectivity index (χ1) is 9.52. The summed E-state index contributed by atoms with van der Waals surface area (Å²) in [5.74, 6) is 0.119. The molecule has 4 nitrogen and oxygen atoms in total. The molecule has 1 saturated carbocycles. The first-order valence-electron chi connectivity index (χ1n) is 6.10. The number of ether oxygens (including phenoxy) is 1. The van der Waals surface area contributed by atoms with Crippen LogP contribution < -0.4 is 5.32 Å². The third-order valence-corrected chi connectivity index (χ3v) is 6.13. The van der Waals surface area contributed by atoms with Crippen LogP contribution >= 0.6 is 11.8 Å². The van der Waals surface area contributed by atoms with Crippen molar-refractivity contribution in [2.45, 2.75) is 18.1 Å². The molecule has 2 aliphatic rings. The van der Waals surface area contributed by atoms with E-state index < -0.39 is 0 Å². The fraction of sp³-hybridized carbons (Fsp3) is 0.357. The Balaban J connectivity index is 0.00000220. The van der Waals surface area contributed by atoms with Crippen molar-refractivity contribution in [3.8, 4) is 0 Å². The van der Waals surface area contributed by atoms with Crippen LogP contribution in [-0.2, 0) is 61.6 Å². The molecule has 7 heteroatoms. The van der Waals surface area contributed by atoms with Gasteiger partial charge in [-0.15, -0.1) is 0 Å². The number of allylic oxidation sites excluding steroid dienone is 2. The van der Waals surface area contributed by atoms with Crippen molar-refractivity contribution >= 4 is 26.8 Å². The van der Waals surface area contributed by atoms with Crippen molar-refractivity contribution in [2.75, 3.05) is 7.11 Å². The number of methoxy groups -OCH3 is 1. The standard InChI is InChI=1S/C14H14NO3S.W.Y/c1-9(18-2)7-10-5-3-4-6-11(8-10)12-13(16)15-14(17)19-12;;/h1,3,6-7,11-12H,4-5H2,2H3,(H,15,16,17);;/q-3;;/b10-7-;;. The Morgan fingerprint density at radius 2 is 2.29 bits per heavy atom. The summed E-state index contributed by atoms with van der Waals surface area (Å²) >= 11 is 2.35. The molecule has 1 aliphatic carbocycles. The Kier molecular flexibility index (Phi) is 8.26. The van der Waals surface area contributed by atoms with Gasteiger partial charge in [-0.1, -0.05) is 0 Å². The Bertz CT molecular complexity index is 506. The fourth-order valence-corrected chi connectivity index (χ4v) is 4.77. The van der Waals surface area contributed by atoms with Gasteiger partial charge < -0.3 is 0 Å². The first-order valence-corrected chi connectivity index (χ1v) is 8.45. The van der Waals surface area contributed by atoms with Gasteiger partial charge in [0.1, 0.15) is 0 Å². The maximum Gasteiger partial charge on any atom is 0 e. The molecule has 0 bridgehead atoms. The summed E-state index contributed by atoms with van der Waals surface area (Å²) in [6, 6.07) is 0. The number of amides is 2. The van der Waals surface area contributed by atoms with Crippen molar-refractivity contribution in [2.24, 2.45) is 5.92 Å². The number of hydrogen-bond acceptors (Lipinski definition) is 4. The molecule has 0 spiro atoms. The van der Waals surface area contributed by atoms with E-state index in [4.69, 9.17) is 11.3 Å². The molecule has 2 rings (SSSR count). The summed E-state index contributed by atoms with van der Waals surface area (Å²) in [6.45, 7) is 5.72. The van der Waals surface area contributed by atoms with Gasteiger partial charge in [0.05, 0.1) is 0 Å². The summed E-state index contributed by atoms with van der Waals surface area (Å²) in [6.07, 6.45) is 7.65. The van der Waals surface area contributed by atoms with Crippen LogP contribution in [0.5, 0.6) is 0 Å². The van der Waals surface area contributed by atoms with Crippen molar-refractivity contribution in [3.05, 3.63) is 36.8 Å². The predicted octanol–water partition coefficient (Wildman–Crippen LogP) is 1.76. The number of nitrogens with one attached hydrogen (secondary N) is 1. The predicted molar refractivity (Wildman–Crippen MR) is 74.2 cm³/mol. The second-order valence-corrected chi connectivity index (χ2v) is 7.14. The third-order valence-electron chi connectivity index (χ3n) is 3.14. The Morgan fingerprint density at radius 3 is 2.86 bits per heavy atom. The van der Waals surface area contributed by atoms with E-state index in [1.54, 1.807) is 0 Å². The Morgan fingerprint density at radius 1 is 1.57 bits per heavy atom. The zero-order chi connectivity index (χ0) is 14.7. The third kappa shape index (κ3) is 4.95. The van der Waals surface area contributed by atoms with E-state index in [-0.39, 0.29) is 55.0 Å². The van der Waals surface area contributed by atoms with Crippen LogP contribution in [0.1, 0.15) is 12.8 Å². The van der Waals surface area contributed by atoms with Gasteiger partial charge in [-0.2, -0.15) is 0 Å². The van der Waals surface area contributed by atoms with Crippen molar-refractivity contribution in [1.29, 1.82) is 0 Å². The number of rotatable bonds is 3. The summed E-state index contributed by atoms with van der Waals surface area (Å²) in [5.41, 5.74) is 1.07. The monoisotopic (exact) mass is 549 g/mol. The van der Waals surface area contributed by atoms with Crippen LogP contribution in [0.2, 0.25) is 0 Å². The van der Waals surface area contributed by atoms with Gasteiger partial charge in [-0.25, -0.2) is 0 Å². The van der Waals surface area contributed by atoms with Gasteiger partial charge in [-0.3, -0.25) is 0 Å². The molecular weight excluding hydrogens is 535 g/mol. The fourth-order valence-electron chi connectivity index (χ4n) is 2.13. The van der Waals surface area contributed by atoms with Gasteiger partial charge in [0.2, 0.25) is 0 Å². The Hall–Kier alpha value is 0.432. The maximum absolute atomic E-state index is 11.9. The van der Waals surface area contributed by atoms with Crippen LogP contribution in [0.3, 0.4) is 0 Å². The van der Waals surface area contributed by atoms with E-state index in [9.17, 15) is 9.59 Å². The van der Waals surface area contributed by atoms with E-state index in [0.717, 1.165) is 34.1 Å². The molecule has 0 aromatic rings. The summed E-state index contributed by atoms with van der Waals surface area (Å²) in [4.78, 5) is 23.2. The number of carbonyl (C=O) groups is 2. The largest absolute Gasteiger partial charge is 0 e. The minimum Gasteiger partial charge on any atom is 0 e. The molecule has 1 heterocycles. The summed E-state index contributed by atoms with van der Waals surface area (Å²) < 4.78 is 6.13. The molecule has 2 amide bonds. The number of hydrogen-bond donors (Lipinski definition) is 1. The van der Waals surface area contributed by atoms with E-state index in [1.165, 1.54) is 26.5 Å². The zero-order valence-electron chi connectivity index (χ0n) is 11.5. The van der Waals surface area contributed by atoms with Crippen molar-refractivity contribution in [3.63, 3.8) is 0 Å². The van der Waals surface area contributed by atoms with E-state index in [0.29, 0.717) is 5.76 Å². The van der Waals surface area contributed by atoms with Crippen LogP contribution in [-0.4, -0.2) is 27.4 Å². The minimum absolute atomic E-state index is 0. The molecule has 0 aromatic carbocycles. The van der Waals surface area contributed by atoms with E-state index in [2.05, 4.69) is 18.2 Å². The van der Waals surface area contributed by atoms with Gasteiger partial charge in [0.25, 0.3) is 0 Å². The summed E-state index contributed by atoms with van der Waals surface area (Å²) in [5, 5.41) is 1.72. The second kappa shape index (κ2) is 8.91. The molecule has 1 radical (unpaired) electrons. The average molecular weight is 549 g/mol. The topological polar surface area (TPSA) is 55.4 Å². The SMILES string of the molecule is [CH-]=C(/C=C1/C[CH-]C[CH-]C(C2SC(=O)NC2=O)[C]1=[W])OC.[Y]. The normalized spacial score (nSPS) is 27.9. The van der Waals surface area contributed by atoms with Gasteiger partial charge in [0, 0.05) is 32.7 Å². The molecule has 1 saturated heterocycles.